The number of hydrogen-bond donors (Lipinski definition) is 1. The van der Waals surface area contributed by atoms with Crippen molar-refractivity contribution in [3.8, 4) is 0 Å². The smallest absolute Gasteiger partial charge is 0.315 e. The second-order valence-electron chi connectivity index (χ2n) is 4.98. The van der Waals surface area contributed by atoms with Crippen molar-refractivity contribution in [1.82, 2.24) is 5.32 Å². The molecule has 1 N–H and O–H groups in total. The summed E-state index contributed by atoms with van der Waals surface area (Å²) in [6.07, 6.45) is -5.08. The molecular formula is C12H11F6NO2S. The van der Waals surface area contributed by atoms with Gasteiger partial charge in [0, 0.05) is 6.54 Å². The Morgan fingerprint density at radius 1 is 1.09 bits per heavy atom. The summed E-state index contributed by atoms with van der Waals surface area (Å²) >= 11 is 0. The van der Waals surface area contributed by atoms with Gasteiger partial charge in [-0.3, -0.25) is 0 Å². The van der Waals surface area contributed by atoms with Gasteiger partial charge in [-0.1, -0.05) is 12.1 Å². The Bertz CT molecular complexity index is 659. The van der Waals surface area contributed by atoms with Gasteiger partial charge >= 0.3 is 11.7 Å². The Morgan fingerprint density at radius 3 is 2.18 bits per heavy atom. The summed E-state index contributed by atoms with van der Waals surface area (Å²) in [6, 6.07) is 2.98. The summed E-state index contributed by atoms with van der Waals surface area (Å²) in [6.45, 7) is -0.470. The van der Waals surface area contributed by atoms with E-state index in [1.807, 2.05) is 0 Å². The molecule has 0 saturated carbocycles. The summed E-state index contributed by atoms with van der Waals surface area (Å²) in [5, 5.41) is 2.51. The van der Waals surface area contributed by atoms with Gasteiger partial charge in [-0.25, -0.2) is 8.42 Å². The molecule has 1 atom stereocenters. The standard InChI is InChI=1S/C12H11F6NO2S/c13-11(14,15)10(4-5-19-7-10)8-2-1-3-9(6-8)22(20,21)12(16,17)18/h1-3,6,19H,4-5,7H2/t10-/m0/s1. The lowest BCUT2D eigenvalue weighted by molar-refractivity contribution is -0.185. The molecule has 10 heteroatoms. The highest BCUT2D eigenvalue weighted by atomic mass is 32.2. The van der Waals surface area contributed by atoms with Crippen molar-refractivity contribution < 1.29 is 34.8 Å². The molecule has 2 rings (SSSR count). The van der Waals surface area contributed by atoms with E-state index in [0.29, 0.717) is 12.1 Å². The van der Waals surface area contributed by atoms with Gasteiger partial charge in [0.1, 0.15) is 5.41 Å². The first-order chi connectivity index (χ1) is 9.92. The summed E-state index contributed by atoms with van der Waals surface area (Å²) < 4.78 is 100. The van der Waals surface area contributed by atoms with Gasteiger partial charge in [0.25, 0.3) is 9.84 Å². The first kappa shape index (κ1) is 17.1. The van der Waals surface area contributed by atoms with Gasteiger partial charge in [-0.05, 0) is 30.7 Å². The van der Waals surface area contributed by atoms with Crippen molar-refractivity contribution >= 4 is 9.84 Å². The van der Waals surface area contributed by atoms with Crippen LogP contribution in [0.3, 0.4) is 0 Å². The lowest BCUT2D eigenvalue weighted by Crippen LogP contribution is -2.44. The SMILES string of the molecule is O=S(=O)(c1cccc([C@]2(C(F)(F)F)CCNC2)c1)C(F)(F)F. The van der Waals surface area contributed by atoms with E-state index >= 15 is 0 Å². The first-order valence-corrected chi connectivity index (χ1v) is 7.59. The molecule has 1 aliphatic heterocycles. The molecule has 0 aromatic heterocycles. The average molecular weight is 347 g/mol. The Morgan fingerprint density at radius 2 is 1.73 bits per heavy atom. The quantitative estimate of drug-likeness (QED) is 0.837. The minimum absolute atomic E-state index is 0.0375. The van der Waals surface area contributed by atoms with Crippen molar-refractivity contribution in [1.29, 1.82) is 0 Å². The van der Waals surface area contributed by atoms with E-state index in [1.54, 1.807) is 0 Å². The van der Waals surface area contributed by atoms with Crippen LogP contribution in [-0.2, 0) is 15.3 Å². The Kier molecular flexibility index (Phi) is 3.97. The molecule has 0 bridgehead atoms. The molecule has 1 aromatic carbocycles. The number of hydrogen-bond acceptors (Lipinski definition) is 3. The number of benzene rings is 1. The lowest BCUT2D eigenvalue weighted by Gasteiger charge is -2.31. The largest absolute Gasteiger partial charge is 0.501 e. The molecule has 1 aliphatic rings. The van der Waals surface area contributed by atoms with E-state index in [4.69, 9.17) is 0 Å². The summed E-state index contributed by atoms with van der Waals surface area (Å²) in [5.41, 5.74) is -8.44. The molecule has 124 valence electrons. The fourth-order valence-electron chi connectivity index (χ4n) is 2.44. The van der Waals surface area contributed by atoms with E-state index in [-0.39, 0.29) is 13.0 Å². The van der Waals surface area contributed by atoms with E-state index in [0.717, 1.165) is 12.1 Å². The topological polar surface area (TPSA) is 46.2 Å². The molecule has 0 spiro atoms. The Hall–Kier alpha value is -1.29. The summed E-state index contributed by atoms with van der Waals surface area (Å²) in [4.78, 5) is -1.19. The van der Waals surface area contributed by atoms with Crippen LogP contribution in [0.25, 0.3) is 0 Å². The average Bonchev–Trinajstić information content (AvgIpc) is 2.87. The zero-order chi connectivity index (χ0) is 16.8. The van der Waals surface area contributed by atoms with Crippen LogP contribution >= 0.6 is 0 Å². The van der Waals surface area contributed by atoms with Crippen LogP contribution in [0.5, 0.6) is 0 Å². The molecule has 0 aliphatic carbocycles. The summed E-state index contributed by atoms with van der Waals surface area (Å²) in [7, 11) is -5.69. The van der Waals surface area contributed by atoms with Crippen molar-refractivity contribution in [2.24, 2.45) is 0 Å². The van der Waals surface area contributed by atoms with Crippen LogP contribution in [-0.4, -0.2) is 33.2 Å². The maximum Gasteiger partial charge on any atom is 0.501 e. The van der Waals surface area contributed by atoms with Gasteiger partial charge < -0.3 is 5.32 Å². The van der Waals surface area contributed by atoms with E-state index in [9.17, 15) is 34.8 Å². The van der Waals surface area contributed by atoms with Crippen LogP contribution in [0.2, 0.25) is 0 Å². The van der Waals surface area contributed by atoms with Gasteiger partial charge in [0.05, 0.1) is 4.90 Å². The molecule has 22 heavy (non-hydrogen) atoms. The minimum Gasteiger partial charge on any atom is -0.315 e. The third-order valence-corrected chi connectivity index (χ3v) is 5.18. The third kappa shape index (κ3) is 2.58. The number of rotatable bonds is 2. The van der Waals surface area contributed by atoms with E-state index in [2.05, 4.69) is 5.32 Å². The maximum absolute atomic E-state index is 13.4. The maximum atomic E-state index is 13.4. The molecule has 1 heterocycles. The van der Waals surface area contributed by atoms with Gasteiger partial charge in [0.2, 0.25) is 0 Å². The van der Waals surface area contributed by atoms with Crippen LogP contribution in [0.4, 0.5) is 26.3 Å². The monoisotopic (exact) mass is 347 g/mol. The number of alkyl halides is 6. The molecule has 0 amide bonds. The predicted molar refractivity (Wildman–Crippen MR) is 64.9 cm³/mol. The van der Waals surface area contributed by atoms with Gasteiger partial charge in [-0.15, -0.1) is 0 Å². The fourth-order valence-corrected chi connectivity index (χ4v) is 3.25. The highest BCUT2D eigenvalue weighted by Gasteiger charge is 2.57. The second-order valence-corrected chi connectivity index (χ2v) is 6.92. The molecule has 0 radical (unpaired) electrons. The molecule has 3 nitrogen and oxygen atoms in total. The van der Waals surface area contributed by atoms with Gasteiger partial charge in [-0.2, -0.15) is 26.3 Å². The number of halogens is 6. The van der Waals surface area contributed by atoms with Crippen molar-refractivity contribution in [2.45, 2.75) is 28.4 Å². The normalized spacial score (nSPS) is 23.7. The highest BCUT2D eigenvalue weighted by Crippen LogP contribution is 2.46. The second kappa shape index (κ2) is 5.12. The van der Waals surface area contributed by atoms with Crippen LogP contribution in [0.1, 0.15) is 12.0 Å². The van der Waals surface area contributed by atoms with Gasteiger partial charge in [0.15, 0.2) is 0 Å². The van der Waals surface area contributed by atoms with Crippen LogP contribution in [0.15, 0.2) is 29.2 Å². The minimum atomic E-state index is -5.69. The molecule has 1 fully saturated rings. The zero-order valence-electron chi connectivity index (χ0n) is 10.9. The number of sulfone groups is 1. The molecular weight excluding hydrogens is 336 g/mol. The van der Waals surface area contributed by atoms with Crippen LogP contribution in [0, 0.1) is 0 Å². The Balaban J connectivity index is 2.58. The predicted octanol–water partition coefficient (Wildman–Crippen LogP) is 2.77. The number of nitrogens with one attached hydrogen (secondary N) is 1. The highest BCUT2D eigenvalue weighted by molar-refractivity contribution is 7.92. The third-order valence-electron chi connectivity index (χ3n) is 3.70. The summed E-state index contributed by atoms with van der Waals surface area (Å²) in [5.74, 6) is 0. The van der Waals surface area contributed by atoms with E-state index in [1.165, 1.54) is 0 Å². The van der Waals surface area contributed by atoms with E-state index < -0.39 is 43.9 Å². The van der Waals surface area contributed by atoms with Crippen molar-refractivity contribution in [3.63, 3.8) is 0 Å². The lowest BCUT2D eigenvalue weighted by atomic mass is 9.79. The fraction of sp³-hybridized carbons (Fsp3) is 0.500. The molecule has 1 aromatic rings. The first-order valence-electron chi connectivity index (χ1n) is 6.11. The Labute approximate surface area is 122 Å². The molecule has 1 saturated heterocycles. The van der Waals surface area contributed by atoms with Crippen LogP contribution < -0.4 is 5.32 Å². The zero-order valence-corrected chi connectivity index (χ0v) is 11.7. The molecule has 0 unspecified atom stereocenters. The van der Waals surface area contributed by atoms with Crippen molar-refractivity contribution in [3.05, 3.63) is 29.8 Å². The van der Waals surface area contributed by atoms with Crippen molar-refractivity contribution in [2.75, 3.05) is 13.1 Å².